The Bertz CT molecular complexity index is 560. The van der Waals surface area contributed by atoms with Crippen molar-refractivity contribution >= 4 is 28.5 Å². The molecule has 0 saturated carbocycles. The van der Waals surface area contributed by atoms with Crippen molar-refractivity contribution in [3.63, 3.8) is 0 Å². The van der Waals surface area contributed by atoms with E-state index in [4.69, 9.17) is 4.74 Å². The first-order chi connectivity index (χ1) is 11.4. The molecule has 7 heteroatoms. The van der Waals surface area contributed by atoms with Crippen LogP contribution in [0.15, 0.2) is 0 Å². The third-order valence-electron chi connectivity index (χ3n) is 3.85. The lowest BCUT2D eigenvalue weighted by Gasteiger charge is -2.21. The zero-order chi connectivity index (χ0) is 17.7. The van der Waals surface area contributed by atoms with Crippen molar-refractivity contribution < 1.29 is 14.3 Å². The maximum absolute atomic E-state index is 12.5. The van der Waals surface area contributed by atoms with Crippen molar-refractivity contribution in [1.82, 2.24) is 10.3 Å². The number of anilines is 1. The number of carbonyl (C=O) groups is 2. The van der Waals surface area contributed by atoms with Gasteiger partial charge in [-0.3, -0.25) is 4.79 Å². The minimum Gasteiger partial charge on any atom is -0.449 e. The molecule has 1 aliphatic rings. The number of amides is 2. The van der Waals surface area contributed by atoms with Gasteiger partial charge in [-0.1, -0.05) is 27.7 Å². The number of fused-ring (bicyclic) bond motifs is 1. The summed E-state index contributed by atoms with van der Waals surface area (Å²) in [6.07, 6.45) is 3.80. The molecule has 1 aromatic rings. The number of nitrogens with zero attached hydrogens (tertiary/aromatic N) is 1. The normalized spacial score (nSPS) is 15.1. The Labute approximate surface area is 147 Å². The van der Waals surface area contributed by atoms with E-state index in [1.54, 1.807) is 0 Å². The summed E-state index contributed by atoms with van der Waals surface area (Å²) in [5.74, 6) is -0.0486. The summed E-state index contributed by atoms with van der Waals surface area (Å²) in [5.41, 5.74) is 1.10. The van der Waals surface area contributed by atoms with Gasteiger partial charge >= 0.3 is 6.09 Å². The average Bonchev–Trinajstić information content (AvgIpc) is 2.92. The van der Waals surface area contributed by atoms with Crippen LogP contribution in [0.2, 0.25) is 0 Å². The molecule has 1 aliphatic carbocycles. The SMILES string of the molecule is CC(C)COC(=O)N[C@H](C(=O)Nc1nc2c(s1)CCCC2)C(C)C. The van der Waals surface area contributed by atoms with Crippen molar-refractivity contribution in [2.24, 2.45) is 11.8 Å². The summed E-state index contributed by atoms with van der Waals surface area (Å²) in [6, 6.07) is -0.648. The Kier molecular flexibility index (Phi) is 6.60. The number of thiazole rings is 1. The summed E-state index contributed by atoms with van der Waals surface area (Å²) in [7, 11) is 0. The molecule has 0 saturated heterocycles. The van der Waals surface area contributed by atoms with Gasteiger partial charge in [0.15, 0.2) is 5.13 Å². The topological polar surface area (TPSA) is 80.3 Å². The molecule has 1 atom stereocenters. The van der Waals surface area contributed by atoms with Gasteiger partial charge in [0.05, 0.1) is 12.3 Å². The van der Waals surface area contributed by atoms with Crippen molar-refractivity contribution in [2.45, 2.75) is 59.4 Å². The van der Waals surface area contributed by atoms with E-state index in [-0.39, 0.29) is 17.7 Å². The Morgan fingerprint density at radius 3 is 2.54 bits per heavy atom. The third-order valence-corrected chi connectivity index (χ3v) is 4.92. The van der Waals surface area contributed by atoms with Crippen LogP contribution in [0.3, 0.4) is 0 Å². The van der Waals surface area contributed by atoms with E-state index < -0.39 is 12.1 Å². The van der Waals surface area contributed by atoms with E-state index in [1.165, 1.54) is 22.6 Å². The number of hydrogen-bond acceptors (Lipinski definition) is 5. The molecule has 2 N–H and O–H groups in total. The van der Waals surface area contributed by atoms with E-state index in [0.29, 0.717) is 11.7 Å². The zero-order valence-electron chi connectivity index (χ0n) is 14.8. The molecule has 0 bridgehead atoms. The molecular formula is C17H27N3O3S. The van der Waals surface area contributed by atoms with Crippen LogP contribution in [0.4, 0.5) is 9.93 Å². The minimum atomic E-state index is -0.648. The highest BCUT2D eigenvalue weighted by Gasteiger charge is 2.26. The predicted molar refractivity (Wildman–Crippen MR) is 95.3 cm³/mol. The molecule has 0 spiro atoms. The van der Waals surface area contributed by atoms with Crippen LogP contribution in [0.5, 0.6) is 0 Å². The first-order valence-electron chi connectivity index (χ1n) is 8.59. The quantitative estimate of drug-likeness (QED) is 0.822. The lowest BCUT2D eigenvalue weighted by atomic mass is 10.0. The lowest BCUT2D eigenvalue weighted by molar-refractivity contribution is -0.119. The summed E-state index contributed by atoms with van der Waals surface area (Å²) in [4.78, 5) is 30.2. The monoisotopic (exact) mass is 353 g/mol. The predicted octanol–water partition coefficient (Wildman–Crippen LogP) is 3.37. The second-order valence-electron chi connectivity index (χ2n) is 6.94. The number of aromatic nitrogens is 1. The summed E-state index contributed by atoms with van der Waals surface area (Å²) in [6.45, 7) is 8.03. The molecule has 0 radical (unpaired) electrons. The molecule has 2 amide bonds. The number of carbonyl (C=O) groups excluding carboxylic acids is 2. The van der Waals surface area contributed by atoms with E-state index >= 15 is 0 Å². The number of hydrogen-bond donors (Lipinski definition) is 2. The number of ether oxygens (including phenoxy) is 1. The van der Waals surface area contributed by atoms with Crippen LogP contribution in [0.25, 0.3) is 0 Å². The van der Waals surface area contributed by atoms with Crippen LogP contribution in [0, 0.1) is 11.8 Å². The highest BCUT2D eigenvalue weighted by atomic mass is 32.1. The van der Waals surface area contributed by atoms with Crippen LogP contribution in [-0.2, 0) is 22.4 Å². The molecule has 1 aromatic heterocycles. The highest BCUT2D eigenvalue weighted by Crippen LogP contribution is 2.29. The van der Waals surface area contributed by atoms with E-state index in [1.807, 2.05) is 27.7 Å². The fourth-order valence-corrected chi connectivity index (χ4v) is 3.59. The maximum atomic E-state index is 12.5. The number of nitrogens with one attached hydrogen (secondary N) is 2. The number of alkyl carbamates (subject to hydrolysis) is 1. The largest absolute Gasteiger partial charge is 0.449 e. The third kappa shape index (κ3) is 5.19. The first-order valence-corrected chi connectivity index (χ1v) is 9.41. The second kappa shape index (κ2) is 8.46. The van der Waals surface area contributed by atoms with Gasteiger partial charge in [-0.05, 0) is 37.5 Å². The molecule has 0 unspecified atom stereocenters. The lowest BCUT2D eigenvalue weighted by Crippen LogP contribution is -2.47. The van der Waals surface area contributed by atoms with Gasteiger partial charge in [0.2, 0.25) is 5.91 Å². The van der Waals surface area contributed by atoms with Gasteiger partial charge in [0.25, 0.3) is 0 Å². The molecule has 2 rings (SSSR count). The second-order valence-corrected chi connectivity index (χ2v) is 8.03. The fourth-order valence-electron chi connectivity index (χ4n) is 2.53. The number of aryl methyl sites for hydroxylation is 2. The Balaban J connectivity index is 1.95. The van der Waals surface area contributed by atoms with Crippen molar-refractivity contribution in [1.29, 1.82) is 0 Å². The Morgan fingerprint density at radius 1 is 1.21 bits per heavy atom. The molecular weight excluding hydrogens is 326 g/mol. The van der Waals surface area contributed by atoms with Crippen LogP contribution < -0.4 is 10.6 Å². The average molecular weight is 353 g/mol. The number of rotatable bonds is 6. The van der Waals surface area contributed by atoms with Crippen molar-refractivity contribution in [3.05, 3.63) is 10.6 Å². The van der Waals surface area contributed by atoms with Gasteiger partial charge in [-0.15, -0.1) is 11.3 Å². The van der Waals surface area contributed by atoms with Gasteiger partial charge in [0.1, 0.15) is 6.04 Å². The minimum absolute atomic E-state index is 0.0498. The van der Waals surface area contributed by atoms with Crippen LogP contribution >= 0.6 is 11.3 Å². The summed E-state index contributed by atoms with van der Waals surface area (Å²) < 4.78 is 5.11. The highest BCUT2D eigenvalue weighted by molar-refractivity contribution is 7.15. The molecule has 24 heavy (non-hydrogen) atoms. The Morgan fingerprint density at radius 2 is 1.92 bits per heavy atom. The standard InChI is InChI=1S/C17H27N3O3S/c1-10(2)9-23-17(22)19-14(11(3)4)15(21)20-16-18-12-7-5-6-8-13(12)24-16/h10-11,14H,5-9H2,1-4H3,(H,19,22)(H,18,20,21)/t14-/m0/s1. The molecule has 0 fully saturated rings. The van der Waals surface area contributed by atoms with Gasteiger partial charge in [-0.25, -0.2) is 9.78 Å². The van der Waals surface area contributed by atoms with Crippen LogP contribution in [0.1, 0.15) is 51.1 Å². The molecule has 0 aromatic carbocycles. The molecule has 6 nitrogen and oxygen atoms in total. The van der Waals surface area contributed by atoms with E-state index in [0.717, 1.165) is 25.0 Å². The summed E-state index contributed by atoms with van der Waals surface area (Å²) >= 11 is 1.54. The van der Waals surface area contributed by atoms with Crippen molar-refractivity contribution in [3.8, 4) is 0 Å². The molecule has 1 heterocycles. The van der Waals surface area contributed by atoms with E-state index in [2.05, 4.69) is 15.6 Å². The summed E-state index contributed by atoms with van der Waals surface area (Å²) in [5, 5.41) is 6.13. The molecule has 134 valence electrons. The van der Waals surface area contributed by atoms with Gasteiger partial charge in [0, 0.05) is 4.88 Å². The Hall–Kier alpha value is -1.63. The first kappa shape index (κ1) is 18.7. The molecule has 0 aliphatic heterocycles. The maximum Gasteiger partial charge on any atom is 0.407 e. The fraction of sp³-hybridized carbons (Fsp3) is 0.706. The van der Waals surface area contributed by atoms with Gasteiger partial charge in [-0.2, -0.15) is 0 Å². The van der Waals surface area contributed by atoms with Crippen molar-refractivity contribution in [2.75, 3.05) is 11.9 Å². The van der Waals surface area contributed by atoms with Crippen LogP contribution in [-0.4, -0.2) is 29.6 Å². The van der Waals surface area contributed by atoms with E-state index in [9.17, 15) is 9.59 Å². The zero-order valence-corrected chi connectivity index (χ0v) is 15.7. The smallest absolute Gasteiger partial charge is 0.407 e. The van der Waals surface area contributed by atoms with Gasteiger partial charge < -0.3 is 15.4 Å².